The molecular weight excluding hydrogens is 278 g/mol. The first kappa shape index (κ1) is 14.5. The molecule has 2 aromatic rings. The first-order valence-corrected chi connectivity index (χ1v) is 7.54. The smallest absolute Gasteiger partial charge is 0.271 e. The average Bonchev–Trinajstić information content (AvgIpc) is 2.51. The van der Waals surface area contributed by atoms with Crippen molar-refractivity contribution in [2.75, 3.05) is 6.54 Å². The molecule has 2 N–H and O–H groups in total. The number of nitrogens with one attached hydrogen (secondary N) is 2. The summed E-state index contributed by atoms with van der Waals surface area (Å²) in [5.41, 5.74) is 1.39. The molecular formula is C17H19N3O2. The van der Waals surface area contributed by atoms with Gasteiger partial charge in [0.1, 0.15) is 5.69 Å². The van der Waals surface area contributed by atoms with Crippen LogP contribution in [0.25, 0.3) is 0 Å². The number of hydrogen-bond acceptors (Lipinski definition) is 3. The van der Waals surface area contributed by atoms with E-state index in [1.54, 1.807) is 0 Å². The summed E-state index contributed by atoms with van der Waals surface area (Å²) in [6, 6.07) is 10.4. The molecule has 5 heteroatoms. The van der Waals surface area contributed by atoms with Crippen LogP contribution >= 0.6 is 0 Å². The minimum Gasteiger partial charge on any atom is -0.350 e. The second-order valence-corrected chi connectivity index (χ2v) is 5.99. The van der Waals surface area contributed by atoms with Crippen molar-refractivity contribution in [1.82, 2.24) is 15.3 Å². The number of carbonyl (C=O) groups excluding carboxylic acids is 1. The minimum absolute atomic E-state index is 0.152. The molecule has 1 aromatic carbocycles. The van der Waals surface area contributed by atoms with Crippen LogP contribution in [0.2, 0.25) is 0 Å². The van der Waals surface area contributed by atoms with Crippen LogP contribution in [0.5, 0.6) is 0 Å². The molecule has 114 valence electrons. The van der Waals surface area contributed by atoms with Crippen molar-refractivity contribution in [2.45, 2.75) is 25.7 Å². The van der Waals surface area contributed by atoms with Crippen LogP contribution in [0.15, 0.2) is 47.5 Å². The number of amides is 1. The van der Waals surface area contributed by atoms with Crippen LogP contribution in [0.1, 0.15) is 35.3 Å². The standard InChI is InChI=1S/C17H19N3O2/c21-15-11-18-14(10-19-15)16(22)20-12-17(7-4-8-17)9-13-5-2-1-3-6-13/h1-3,5-6,10-11H,4,7-9,12H2,(H,19,21)(H,20,22). The zero-order valence-electron chi connectivity index (χ0n) is 12.3. The average molecular weight is 297 g/mol. The Balaban J connectivity index is 1.62. The van der Waals surface area contributed by atoms with Gasteiger partial charge in [0.05, 0.1) is 6.20 Å². The van der Waals surface area contributed by atoms with Gasteiger partial charge < -0.3 is 10.3 Å². The summed E-state index contributed by atoms with van der Waals surface area (Å²) in [5.74, 6) is -0.240. The molecule has 0 unspecified atom stereocenters. The van der Waals surface area contributed by atoms with Crippen LogP contribution in [0, 0.1) is 5.41 Å². The van der Waals surface area contributed by atoms with Gasteiger partial charge in [-0.2, -0.15) is 0 Å². The van der Waals surface area contributed by atoms with E-state index in [1.807, 2.05) is 18.2 Å². The van der Waals surface area contributed by atoms with Crippen molar-refractivity contribution in [3.63, 3.8) is 0 Å². The third kappa shape index (κ3) is 3.24. The largest absolute Gasteiger partial charge is 0.350 e. The quantitative estimate of drug-likeness (QED) is 0.885. The van der Waals surface area contributed by atoms with Crippen molar-refractivity contribution in [3.8, 4) is 0 Å². The normalized spacial score (nSPS) is 15.8. The summed E-state index contributed by atoms with van der Waals surface area (Å²) in [4.78, 5) is 29.4. The maximum atomic E-state index is 12.1. The Morgan fingerprint density at radius 2 is 2.05 bits per heavy atom. The van der Waals surface area contributed by atoms with E-state index >= 15 is 0 Å². The van der Waals surface area contributed by atoms with Gasteiger partial charge in [0, 0.05) is 12.7 Å². The van der Waals surface area contributed by atoms with Crippen molar-refractivity contribution < 1.29 is 4.79 Å². The van der Waals surface area contributed by atoms with Crippen LogP contribution in [0.4, 0.5) is 0 Å². The maximum absolute atomic E-state index is 12.1. The fourth-order valence-electron chi connectivity index (χ4n) is 2.95. The first-order chi connectivity index (χ1) is 10.7. The number of H-pyrrole nitrogens is 1. The number of aromatic nitrogens is 2. The molecule has 0 saturated heterocycles. The molecule has 0 radical (unpaired) electrons. The van der Waals surface area contributed by atoms with Gasteiger partial charge in [0.25, 0.3) is 11.5 Å². The van der Waals surface area contributed by atoms with Gasteiger partial charge in [0.15, 0.2) is 0 Å². The summed E-state index contributed by atoms with van der Waals surface area (Å²) in [7, 11) is 0. The molecule has 1 saturated carbocycles. The fraction of sp³-hybridized carbons (Fsp3) is 0.353. The second-order valence-electron chi connectivity index (χ2n) is 5.99. The molecule has 0 aliphatic heterocycles. The molecule has 1 aromatic heterocycles. The number of nitrogens with zero attached hydrogens (tertiary/aromatic N) is 1. The predicted molar refractivity (Wildman–Crippen MR) is 83.6 cm³/mol. The van der Waals surface area contributed by atoms with Gasteiger partial charge >= 0.3 is 0 Å². The summed E-state index contributed by atoms with van der Waals surface area (Å²) in [6.45, 7) is 0.640. The van der Waals surface area contributed by atoms with Gasteiger partial charge in [-0.15, -0.1) is 0 Å². The highest BCUT2D eigenvalue weighted by atomic mass is 16.2. The van der Waals surface area contributed by atoms with Gasteiger partial charge in [-0.3, -0.25) is 9.59 Å². The number of rotatable bonds is 5. The number of carbonyl (C=O) groups is 1. The fourth-order valence-corrected chi connectivity index (χ4v) is 2.95. The monoisotopic (exact) mass is 297 g/mol. The topological polar surface area (TPSA) is 74.8 Å². The lowest BCUT2D eigenvalue weighted by Crippen LogP contribution is -2.43. The van der Waals surface area contributed by atoms with Gasteiger partial charge in [0.2, 0.25) is 0 Å². The molecule has 5 nitrogen and oxygen atoms in total. The number of benzene rings is 1. The van der Waals surface area contributed by atoms with Crippen molar-refractivity contribution >= 4 is 5.91 Å². The predicted octanol–water partition coefficient (Wildman–Crippen LogP) is 1.91. The number of hydrogen-bond donors (Lipinski definition) is 2. The van der Waals surface area contributed by atoms with E-state index in [9.17, 15) is 9.59 Å². The van der Waals surface area contributed by atoms with E-state index in [0.29, 0.717) is 6.54 Å². The van der Waals surface area contributed by atoms with Crippen molar-refractivity contribution in [3.05, 3.63) is 64.3 Å². The van der Waals surface area contributed by atoms with Crippen LogP contribution in [0.3, 0.4) is 0 Å². The number of aromatic amines is 1. The highest BCUT2D eigenvalue weighted by molar-refractivity contribution is 5.91. The Labute approximate surface area is 128 Å². The molecule has 0 spiro atoms. The van der Waals surface area contributed by atoms with E-state index in [4.69, 9.17) is 0 Å². The van der Waals surface area contributed by atoms with E-state index < -0.39 is 0 Å². The third-order valence-electron chi connectivity index (χ3n) is 4.36. The summed E-state index contributed by atoms with van der Waals surface area (Å²) >= 11 is 0. The summed E-state index contributed by atoms with van der Waals surface area (Å²) < 4.78 is 0. The van der Waals surface area contributed by atoms with E-state index in [2.05, 4.69) is 27.4 Å². The van der Waals surface area contributed by atoms with Gasteiger partial charge in [-0.1, -0.05) is 36.8 Å². The Bertz CT molecular complexity index is 685. The molecule has 1 amide bonds. The Morgan fingerprint density at radius 1 is 1.27 bits per heavy atom. The van der Waals surface area contributed by atoms with Crippen molar-refractivity contribution in [2.24, 2.45) is 5.41 Å². The molecule has 0 bridgehead atoms. The lowest BCUT2D eigenvalue weighted by molar-refractivity contribution is 0.0854. The highest BCUT2D eigenvalue weighted by Gasteiger charge is 2.37. The lowest BCUT2D eigenvalue weighted by Gasteiger charge is -2.42. The molecule has 1 aliphatic rings. The van der Waals surface area contributed by atoms with Gasteiger partial charge in [-0.25, -0.2) is 4.98 Å². The molecule has 1 aliphatic carbocycles. The SMILES string of the molecule is O=C(NCC1(Cc2ccccc2)CCC1)c1c[nH]c(=O)cn1. The minimum atomic E-state index is -0.309. The molecule has 22 heavy (non-hydrogen) atoms. The molecule has 0 atom stereocenters. The first-order valence-electron chi connectivity index (χ1n) is 7.54. The lowest BCUT2D eigenvalue weighted by atomic mass is 9.65. The van der Waals surface area contributed by atoms with E-state index in [0.717, 1.165) is 25.5 Å². The zero-order valence-corrected chi connectivity index (χ0v) is 12.3. The Hall–Kier alpha value is -2.43. The zero-order chi connectivity index (χ0) is 15.4. The molecule has 1 fully saturated rings. The molecule has 3 rings (SSSR count). The molecule has 1 heterocycles. The van der Waals surface area contributed by atoms with Crippen LogP contribution in [-0.4, -0.2) is 22.4 Å². The summed E-state index contributed by atoms with van der Waals surface area (Å²) in [6.07, 6.45) is 6.91. The highest BCUT2D eigenvalue weighted by Crippen LogP contribution is 2.43. The third-order valence-corrected chi connectivity index (χ3v) is 4.36. The Morgan fingerprint density at radius 3 is 2.64 bits per heavy atom. The van der Waals surface area contributed by atoms with E-state index in [-0.39, 0.29) is 22.6 Å². The van der Waals surface area contributed by atoms with Crippen LogP contribution < -0.4 is 10.9 Å². The Kier molecular flexibility index (Phi) is 4.04. The van der Waals surface area contributed by atoms with Crippen LogP contribution in [-0.2, 0) is 6.42 Å². The van der Waals surface area contributed by atoms with Gasteiger partial charge in [-0.05, 0) is 30.2 Å². The second kappa shape index (κ2) is 6.13. The summed E-state index contributed by atoms with van der Waals surface area (Å²) in [5, 5.41) is 2.96. The van der Waals surface area contributed by atoms with E-state index in [1.165, 1.54) is 18.2 Å². The maximum Gasteiger partial charge on any atom is 0.271 e. The van der Waals surface area contributed by atoms with Crippen molar-refractivity contribution in [1.29, 1.82) is 0 Å².